The molecule has 3 rings (SSSR count). The lowest BCUT2D eigenvalue weighted by Gasteiger charge is -2.32. The van der Waals surface area contributed by atoms with Gasteiger partial charge in [-0.1, -0.05) is 0 Å². The van der Waals surface area contributed by atoms with Crippen molar-refractivity contribution in [2.45, 2.75) is 25.3 Å². The minimum atomic E-state index is 0.0536. The molecule has 2 aliphatic heterocycles. The van der Waals surface area contributed by atoms with E-state index < -0.39 is 0 Å². The van der Waals surface area contributed by atoms with Crippen LogP contribution >= 0.6 is 0 Å². The van der Waals surface area contributed by atoms with Crippen LogP contribution in [0.15, 0.2) is 0 Å². The highest BCUT2D eigenvalue weighted by Crippen LogP contribution is 2.26. The summed E-state index contributed by atoms with van der Waals surface area (Å²) in [5.41, 5.74) is 0. The minimum absolute atomic E-state index is 0.0536. The maximum absolute atomic E-state index is 12.1. The Morgan fingerprint density at radius 2 is 2.08 bits per heavy atom. The van der Waals surface area contributed by atoms with Gasteiger partial charge in [-0.3, -0.25) is 9.69 Å². The largest absolute Gasteiger partial charge is 0.379 e. The molecule has 0 aliphatic carbocycles. The Morgan fingerprint density at radius 1 is 1.29 bits per heavy atom. The van der Waals surface area contributed by atoms with Crippen molar-refractivity contribution >= 4 is 5.91 Å². The summed E-state index contributed by atoms with van der Waals surface area (Å²) in [6.45, 7) is 5.88. The number of hydrogen-bond donors (Lipinski definition) is 0. The molecule has 1 amide bonds. The van der Waals surface area contributed by atoms with Crippen LogP contribution in [0.1, 0.15) is 30.4 Å². The molecular weight excluding hydrogens is 310 g/mol. The van der Waals surface area contributed by atoms with Crippen LogP contribution in [-0.2, 0) is 27.9 Å². The molecule has 8 nitrogen and oxygen atoms in total. The molecule has 0 aromatic carbocycles. The number of aromatic nitrogens is 3. The fraction of sp³-hybridized carbons (Fsp3) is 0.812. The zero-order valence-electron chi connectivity index (χ0n) is 14.6. The highest BCUT2D eigenvalue weighted by atomic mass is 16.5. The molecular formula is C16H27N5O3. The molecule has 1 atom stereocenters. The van der Waals surface area contributed by atoms with E-state index in [1.54, 1.807) is 7.11 Å². The van der Waals surface area contributed by atoms with Crippen LogP contribution in [0, 0.1) is 0 Å². The molecule has 2 fully saturated rings. The zero-order valence-corrected chi connectivity index (χ0v) is 14.6. The van der Waals surface area contributed by atoms with Crippen LogP contribution in [0.3, 0.4) is 0 Å². The van der Waals surface area contributed by atoms with Gasteiger partial charge in [0.2, 0.25) is 5.91 Å². The maximum atomic E-state index is 12.1. The smallest absolute Gasteiger partial charge is 0.248 e. The van der Waals surface area contributed by atoms with E-state index in [2.05, 4.69) is 19.7 Å². The van der Waals surface area contributed by atoms with Crippen molar-refractivity contribution in [3.8, 4) is 0 Å². The molecule has 0 bridgehead atoms. The van der Waals surface area contributed by atoms with Gasteiger partial charge in [-0.25, -0.2) is 0 Å². The third-order valence-corrected chi connectivity index (χ3v) is 4.87. The van der Waals surface area contributed by atoms with Gasteiger partial charge in [-0.05, 0) is 12.8 Å². The predicted molar refractivity (Wildman–Crippen MR) is 87.5 cm³/mol. The van der Waals surface area contributed by atoms with E-state index in [0.29, 0.717) is 6.54 Å². The van der Waals surface area contributed by atoms with Crippen molar-refractivity contribution in [1.29, 1.82) is 0 Å². The van der Waals surface area contributed by atoms with E-state index in [9.17, 15) is 4.79 Å². The van der Waals surface area contributed by atoms with Crippen LogP contribution in [-0.4, -0.2) is 83.6 Å². The Hall–Kier alpha value is -1.51. The van der Waals surface area contributed by atoms with Gasteiger partial charge >= 0.3 is 0 Å². The summed E-state index contributed by atoms with van der Waals surface area (Å²) in [7, 11) is 3.58. The number of methoxy groups -OCH3 is 1. The lowest BCUT2D eigenvalue weighted by atomic mass is 9.97. The first-order chi connectivity index (χ1) is 11.7. The average Bonchev–Trinajstić information content (AvgIpc) is 2.97. The number of ether oxygens (including phenoxy) is 2. The summed E-state index contributed by atoms with van der Waals surface area (Å²) < 4.78 is 12.5. The minimum Gasteiger partial charge on any atom is -0.379 e. The second kappa shape index (κ2) is 8.04. The summed E-state index contributed by atoms with van der Waals surface area (Å²) in [4.78, 5) is 16.3. The van der Waals surface area contributed by atoms with Crippen molar-refractivity contribution in [3.05, 3.63) is 11.6 Å². The normalized spacial score (nSPS) is 22.8. The van der Waals surface area contributed by atoms with E-state index in [1.165, 1.54) is 0 Å². The summed E-state index contributed by atoms with van der Waals surface area (Å²) >= 11 is 0. The van der Waals surface area contributed by atoms with E-state index >= 15 is 0 Å². The van der Waals surface area contributed by atoms with Gasteiger partial charge in [-0.15, -0.1) is 10.2 Å². The van der Waals surface area contributed by atoms with E-state index in [4.69, 9.17) is 9.47 Å². The number of nitrogens with zero attached hydrogens (tertiary/aromatic N) is 5. The first-order valence-electron chi connectivity index (χ1n) is 8.64. The third-order valence-electron chi connectivity index (χ3n) is 4.87. The van der Waals surface area contributed by atoms with Crippen molar-refractivity contribution in [1.82, 2.24) is 24.6 Å². The molecule has 2 aliphatic rings. The van der Waals surface area contributed by atoms with Gasteiger partial charge in [-0.2, -0.15) is 0 Å². The lowest BCUT2D eigenvalue weighted by molar-refractivity contribution is -0.136. The quantitative estimate of drug-likeness (QED) is 0.753. The number of hydrogen-bond acceptors (Lipinski definition) is 6. The number of likely N-dealkylation sites (tertiary alicyclic amines) is 1. The Bertz CT molecular complexity index is 556. The summed E-state index contributed by atoms with van der Waals surface area (Å²) in [5.74, 6) is 2.26. The van der Waals surface area contributed by atoms with Crippen LogP contribution in [0.2, 0.25) is 0 Å². The predicted octanol–water partition coefficient (Wildman–Crippen LogP) is -0.000300. The molecule has 1 aromatic rings. The summed E-state index contributed by atoms with van der Waals surface area (Å²) in [6, 6.07) is 0. The van der Waals surface area contributed by atoms with E-state index in [0.717, 1.165) is 63.9 Å². The molecule has 8 heteroatoms. The van der Waals surface area contributed by atoms with E-state index in [-0.39, 0.29) is 18.4 Å². The number of rotatable bonds is 5. The molecule has 1 unspecified atom stereocenters. The number of morpholine rings is 1. The maximum Gasteiger partial charge on any atom is 0.248 e. The fourth-order valence-corrected chi connectivity index (χ4v) is 3.46. The second-order valence-corrected chi connectivity index (χ2v) is 6.53. The van der Waals surface area contributed by atoms with Gasteiger partial charge < -0.3 is 18.9 Å². The van der Waals surface area contributed by atoms with Crippen LogP contribution in [0.5, 0.6) is 0 Å². The van der Waals surface area contributed by atoms with Crippen LogP contribution < -0.4 is 0 Å². The van der Waals surface area contributed by atoms with Crippen molar-refractivity contribution in [3.63, 3.8) is 0 Å². The molecule has 0 N–H and O–H groups in total. The summed E-state index contributed by atoms with van der Waals surface area (Å²) in [5, 5.41) is 8.82. The molecule has 2 saturated heterocycles. The first-order valence-corrected chi connectivity index (χ1v) is 8.64. The molecule has 3 heterocycles. The fourth-order valence-electron chi connectivity index (χ4n) is 3.46. The average molecular weight is 337 g/mol. The molecule has 0 spiro atoms. The van der Waals surface area contributed by atoms with Crippen molar-refractivity contribution in [2.75, 3.05) is 53.1 Å². The molecule has 134 valence electrons. The lowest BCUT2D eigenvalue weighted by Crippen LogP contribution is -2.41. The monoisotopic (exact) mass is 337 g/mol. The van der Waals surface area contributed by atoms with Crippen molar-refractivity contribution < 1.29 is 14.3 Å². The zero-order chi connectivity index (χ0) is 16.9. The summed E-state index contributed by atoms with van der Waals surface area (Å²) in [6.07, 6.45) is 2.03. The Kier molecular flexibility index (Phi) is 5.80. The molecule has 24 heavy (non-hydrogen) atoms. The van der Waals surface area contributed by atoms with Gasteiger partial charge in [0, 0.05) is 46.3 Å². The van der Waals surface area contributed by atoms with Crippen molar-refractivity contribution in [2.24, 2.45) is 7.05 Å². The van der Waals surface area contributed by atoms with Crippen LogP contribution in [0.25, 0.3) is 0 Å². The molecule has 1 aromatic heterocycles. The Morgan fingerprint density at radius 3 is 2.83 bits per heavy atom. The second-order valence-electron chi connectivity index (χ2n) is 6.53. The highest BCUT2D eigenvalue weighted by Gasteiger charge is 2.28. The third kappa shape index (κ3) is 3.93. The highest BCUT2D eigenvalue weighted by molar-refractivity contribution is 5.77. The van der Waals surface area contributed by atoms with Crippen LogP contribution in [0.4, 0.5) is 0 Å². The topological polar surface area (TPSA) is 72.7 Å². The van der Waals surface area contributed by atoms with E-state index in [1.807, 2.05) is 11.9 Å². The van der Waals surface area contributed by atoms with Gasteiger partial charge in [0.25, 0.3) is 0 Å². The SMILES string of the molecule is COCC(=O)N1CCCC(c2nnc(CN3CCOCC3)n2C)C1. The molecule has 0 radical (unpaired) electrons. The van der Waals surface area contributed by atoms with Gasteiger partial charge in [0.15, 0.2) is 0 Å². The molecule has 0 saturated carbocycles. The van der Waals surface area contributed by atoms with Gasteiger partial charge in [0.1, 0.15) is 18.3 Å². The first kappa shape index (κ1) is 17.3. The Balaban J connectivity index is 1.64. The van der Waals surface area contributed by atoms with Gasteiger partial charge in [0.05, 0.1) is 19.8 Å². The number of piperidine rings is 1. The number of carbonyl (C=O) groups is 1. The standard InChI is InChI=1S/C16H27N5O3/c1-19-14(11-20-6-8-24-9-7-20)17-18-16(19)13-4-3-5-21(10-13)15(22)12-23-2/h13H,3-12H2,1-2H3. The Labute approximate surface area is 142 Å². The number of carbonyl (C=O) groups excluding carboxylic acids is 1. The number of amides is 1.